The van der Waals surface area contributed by atoms with Crippen LogP contribution in [0.3, 0.4) is 0 Å². The molecule has 1 aromatic heterocycles. The van der Waals surface area contributed by atoms with Gasteiger partial charge in [0.05, 0.1) is 0 Å². The summed E-state index contributed by atoms with van der Waals surface area (Å²) >= 11 is 0. The van der Waals surface area contributed by atoms with Crippen LogP contribution in [0.25, 0.3) is 0 Å². The van der Waals surface area contributed by atoms with Gasteiger partial charge in [0.1, 0.15) is 18.2 Å². The van der Waals surface area contributed by atoms with Gasteiger partial charge < -0.3 is 9.80 Å². The second-order valence-corrected chi connectivity index (χ2v) is 7.83. The van der Waals surface area contributed by atoms with E-state index in [9.17, 15) is 14.4 Å². The zero-order valence-corrected chi connectivity index (χ0v) is 16.3. The minimum atomic E-state index is -0.784. The molecule has 27 heavy (non-hydrogen) atoms. The Labute approximate surface area is 159 Å². The Morgan fingerprint density at radius 3 is 2.56 bits per heavy atom. The molecule has 3 rings (SSSR count). The number of rotatable bonds is 6. The number of urea groups is 1. The molecule has 9 heteroatoms. The SMILES string of the molecule is CC(C)CN1C(=O)N(C)C(=O)C12CCN(C(=O)CCCn1cncn1)CC2. The van der Waals surface area contributed by atoms with Gasteiger partial charge in [-0.15, -0.1) is 0 Å². The van der Waals surface area contributed by atoms with E-state index in [0.717, 1.165) is 0 Å². The van der Waals surface area contributed by atoms with Crippen molar-refractivity contribution in [3.63, 3.8) is 0 Å². The van der Waals surface area contributed by atoms with Crippen LogP contribution in [-0.4, -0.2) is 79.5 Å². The van der Waals surface area contributed by atoms with Crippen molar-refractivity contribution < 1.29 is 14.4 Å². The van der Waals surface area contributed by atoms with E-state index in [2.05, 4.69) is 10.1 Å². The van der Waals surface area contributed by atoms with E-state index in [1.54, 1.807) is 23.0 Å². The van der Waals surface area contributed by atoms with Crippen molar-refractivity contribution in [1.82, 2.24) is 29.5 Å². The maximum Gasteiger partial charge on any atom is 0.327 e. The number of aryl methyl sites for hydroxylation is 1. The summed E-state index contributed by atoms with van der Waals surface area (Å²) in [5.41, 5.74) is -0.784. The van der Waals surface area contributed by atoms with Gasteiger partial charge in [0.25, 0.3) is 5.91 Å². The lowest BCUT2D eigenvalue weighted by molar-refractivity contribution is -0.140. The van der Waals surface area contributed by atoms with Crippen LogP contribution < -0.4 is 0 Å². The summed E-state index contributed by atoms with van der Waals surface area (Å²) in [6.45, 7) is 6.30. The number of hydrogen-bond donors (Lipinski definition) is 0. The van der Waals surface area contributed by atoms with Crippen molar-refractivity contribution >= 4 is 17.8 Å². The summed E-state index contributed by atoms with van der Waals surface area (Å²) in [7, 11) is 1.55. The molecule has 0 aliphatic carbocycles. The van der Waals surface area contributed by atoms with E-state index < -0.39 is 5.54 Å². The molecular weight excluding hydrogens is 348 g/mol. The van der Waals surface area contributed by atoms with E-state index in [1.807, 2.05) is 18.7 Å². The maximum absolute atomic E-state index is 12.8. The van der Waals surface area contributed by atoms with E-state index in [0.29, 0.717) is 51.9 Å². The summed E-state index contributed by atoms with van der Waals surface area (Å²) in [5, 5.41) is 4.03. The molecule has 0 saturated carbocycles. The predicted octanol–water partition coefficient (Wildman–Crippen LogP) is 0.969. The monoisotopic (exact) mass is 376 g/mol. The van der Waals surface area contributed by atoms with Gasteiger partial charge in [0, 0.05) is 39.6 Å². The van der Waals surface area contributed by atoms with E-state index in [-0.39, 0.29) is 23.8 Å². The van der Waals surface area contributed by atoms with Gasteiger partial charge in [-0.2, -0.15) is 5.10 Å². The Hall–Kier alpha value is -2.45. The highest BCUT2D eigenvalue weighted by Crippen LogP contribution is 2.37. The van der Waals surface area contributed by atoms with Crippen molar-refractivity contribution in [3.05, 3.63) is 12.7 Å². The Morgan fingerprint density at radius 1 is 1.26 bits per heavy atom. The molecule has 9 nitrogen and oxygen atoms in total. The first-order valence-electron chi connectivity index (χ1n) is 9.55. The van der Waals surface area contributed by atoms with Crippen molar-refractivity contribution in [2.24, 2.45) is 5.92 Å². The Morgan fingerprint density at radius 2 is 1.96 bits per heavy atom. The molecule has 0 aromatic carbocycles. The Bertz CT molecular complexity index is 694. The molecule has 0 unspecified atom stereocenters. The first-order valence-corrected chi connectivity index (χ1v) is 9.55. The van der Waals surface area contributed by atoms with Crippen LogP contribution in [0.2, 0.25) is 0 Å². The van der Waals surface area contributed by atoms with Crippen molar-refractivity contribution in [3.8, 4) is 0 Å². The maximum atomic E-state index is 12.8. The molecule has 4 amide bonds. The molecule has 0 atom stereocenters. The number of hydrogen-bond acceptors (Lipinski definition) is 5. The van der Waals surface area contributed by atoms with Crippen molar-refractivity contribution in [2.75, 3.05) is 26.7 Å². The number of likely N-dealkylation sites (tertiary alicyclic amines) is 1. The van der Waals surface area contributed by atoms with Crippen LogP contribution in [0.1, 0.15) is 39.5 Å². The van der Waals surface area contributed by atoms with Crippen LogP contribution in [0.4, 0.5) is 4.79 Å². The molecule has 2 aliphatic rings. The lowest BCUT2D eigenvalue weighted by Gasteiger charge is -2.42. The molecule has 2 aliphatic heterocycles. The van der Waals surface area contributed by atoms with Gasteiger partial charge in [0.2, 0.25) is 5.91 Å². The van der Waals surface area contributed by atoms with Crippen molar-refractivity contribution in [2.45, 2.75) is 51.6 Å². The van der Waals surface area contributed by atoms with Gasteiger partial charge in [-0.1, -0.05) is 13.8 Å². The fraction of sp³-hybridized carbons (Fsp3) is 0.722. The van der Waals surface area contributed by atoms with E-state index in [1.165, 1.54) is 11.2 Å². The summed E-state index contributed by atoms with van der Waals surface area (Å²) in [5.74, 6) is 0.235. The van der Waals surface area contributed by atoms with Gasteiger partial charge in [-0.25, -0.2) is 9.78 Å². The Balaban J connectivity index is 1.58. The standard InChI is InChI=1S/C18H28N6O3/c1-14(2)11-24-17(27)21(3)16(26)18(24)6-9-22(10-7-18)15(25)5-4-8-23-13-19-12-20-23/h12-14H,4-11H2,1-3H3. The molecule has 1 spiro atoms. The van der Waals surface area contributed by atoms with Gasteiger partial charge in [-0.05, 0) is 25.2 Å². The quantitative estimate of drug-likeness (QED) is 0.690. The van der Waals surface area contributed by atoms with Crippen LogP contribution >= 0.6 is 0 Å². The summed E-state index contributed by atoms with van der Waals surface area (Å²) in [6.07, 6.45) is 5.26. The third-order valence-electron chi connectivity index (χ3n) is 5.47. The van der Waals surface area contributed by atoms with Gasteiger partial charge in [-0.3, -0.25) is 19.2 Å². The highest BCUT2D eigenvalue weighted by atomic mass is 16.2. The molecule has 0 bridgehead atoms. The van der Waals surface area contributed by atoms with Crippen LogP contribution in [0.15, 0.2) is 12.7 Å². The second kappa shape index (κ2) is 7.66. The summed E-state index contributed by atoms with van der Waals surface area (Å²) in [6, 6.07) is -0.221. The van der Waals surface area contributed by atoms with Crippen LogP contribution in [0.5, 0.6) is 0 Å². The second-order valence-electron chi connectivity index (χ2n) is 7.83. The molecule has 0 N–H and O–H groups in total. The predicted molar refractivity (Wildman–Crippen MR) is 97.5 cm³/mol. The fourth-order valence-electron chi connectivity index (χ4n) is 4.01. The molecule has 3 heterocycles. The first-order chi connectivity index (χ1) is 12.8. The summed E-state index contributed by atoms with van der Waals surface area (Å²) in [4.78, 5) is 46.5. The zero-order chi connectivity index (χ0) is 19.6. The molecule has 2 saturated heterocycles. The minimum Gasteiger partial charge on any atom is -0.342 e. The molecular formula is C18H28N6O3. The van der Waals surface area contributed by atoms with Crippen LogP contribution in [-0.2, 0) is 16.1 Å². The largest absolute Gasteiger partial charge is 0.342 e. The Kier molecular flexibility index (Phi) is 5.48. The van der Waals surface area contributed by atoms with E-state index >= 15 is 0 Å². The molecule has 148 valence electrons. The highest BCUT2D eigenvalue weighted by Gasteiger charge is 2.57. The smallest absolute Gasteiger partial charge is 0.327 e. The highest BCUT2D eigenvalue weighted by molar-refractivity contribution is 6.06. The lowest BCUT2D eigenvalue weighted by Crippen LogP contribution is -2.58. The third kappa shape index (κ3) is 3.68. The first kappa shape index (κ1) is 19.3. The minimum absolute atomic E-state index is 0.0884. The van der Waals surface area contributed by atoms with Crippen molar-refractivity contribution in [1.29, 1.82) is 0 Å². The number of nitrogens with zero attached hydrogens (tertiary/aromatic N) is 6. The summed E-state index contributed by atoms with van der Waals surface area (Å²) < 4.78 is 1.71. The zero-order valence-electron chi connectivity index (χ0n) is 16.3. The molecule has 1 aromatic rings. The number of piperidine rings is 1. The fourth-order valence-corrected chi connectivity index (χ4v) is 4.01. The number of aromatic nitrogens is 3. The van der Waals surface area contributed by atoms with Crippen LogP contribution in [0, 0.1) is 5.92 Å². The third-order valence-corrected chi connectivity index (χ3v) is 5.47. The topological polar surface area (TPSA) is 91.6 Å². The number of imide groups is 1. The molecule has 2 fully saturated rings. The van der Waals surface area contributed by atoms with Gasteiger partial charge in [0.15, 0.2) is 0 Å². The number of carbonyl (C=O) groups is 3. The number of carbonyl (C=O) groups excluding carboxylic acids is 3. The number of likely N-dealkylation sites (N-methyl/N-ethyl adjacent to an activating group) is 1. The lowest BCUT2D eigenvalue weighted by atomic mass is 9.85. The number of amides is 4. The van der Waals surface area contributed by atoms with Gasteiger partial charge >= 0.3 is 6.03 Å². The molecule has 0 radical (unpaired) electrons. The average molecular weight is 376 g/mol. The normalized spacial score (nSPS) is 19.6. The average Bonchev–Trinajstić information content (AvgIpc) is 3.22. The van der Waals surface area contributed by atoms with E-state index in [4.69, 9.17) is 0 Å².